The van der Waals surface area contributed by atoms with Crippen LogP contribution in [0.1, 0.15) is 21.6 Å². The molecule has 3 aromatic rings. The van der Waals surface area contributed by atoms with Crippen molar-refractivity contribution < 1.29 is 4.79 Å². The van der Waals surface area contributed by atoms with Crippen molar-refractivity contribution >= 4 is 16.8 Å². The first kappa shape index (κ1) is 12.9. The van der Waals surface area contributed by atoms with Gasteiger partial charge < -0.3 is 14.9 Å². The lowest BCUT2D eigenvalue weighted by Crippen LogP contribution is -2.36. The van der Waals surface area contributed by atoms with E-state index in [1.54, 1.807) is 6.07 Å². The fourth-order valence-electron chi connectivity index (χ4n) is 3.07. The maximum absolute atomic E-state index is 12.6. The summed E-state index contributed by atoms with van der Waals surface area (Å²) in [7, 11) is 0. The minimum absolute atomic E-state index is 0.0489. The number of rotatable bonds is 1. The van der Waals surface area contributed by atoms with Gasteiger partial charge in [-0.2, -0.15) is 0 Å². The topological polar surface area (TPSA) is 69.0 Å². The molecule has 1 aliphatic rings. The monoisotopic (exact) mass is 293 g/mol. The predicted molar refractivity (Wildman–Crippen MR) is 83.8 cm³/mol. The first-order valence-corrected chi connectivity index (χ1v) is 7.29. The van der Waals surface area contributed by atoms with E-state index >= 15 is 0 Å². The Morgan fingerprint density at radius 2 is 2.00 bits per heavy atom. The van der Waals surface area contributed by atoms with Crippen molar-refractivity contribution in [2.75, 3.05) is 6.54 Å². The Balaban J connectivity index is 1.67. The lowest BCUT2D eigenvalue weighted by molar-refractivity contribution is 0.0734. The third-order valence-electron chi connectivity index (χ3n) is 4.20. The van der Waals surface area contributed by atoms with Gasteiger partial charge in [0.25, 0.3) is 5.91 Å². The number of para-hydroxylation sites is 1. The molecule has 0 fully saturated rings. The van der Waals surface area contributed by atoms with Gasteiger partial charge >= 0.3 is 0 Å². The molecular weight excluding hydrogens is 278 g/mol. The van der Waals surface area contributed by atoms with E-state index in [9.17, 15) is 9.59 Å². The van der Waals surface area contributed by atoms with Crippen LogP contribution in [0.2, 0.25) is 0 Å². The molecule has 2 N–H and O–H groups in total. The molecule has 0 saturated carbocycles. The van der Waals surface area contributed by atoms with Gasteiger partial charge in [-0.25, -0.2) is 0 Å². The predicted octanol–water partition coefficient (Wildman–Crippen LogP) is 2.05. The van der Waals surface area contributed by atoms with Gasteiger partial charge in [0.2, 0.25) is 5.56 Å². The lowest BCUT2D eigenvalue weighted by atomic mass is 10.0. The number of aromatic amines is 2. The van der Waals surface area contributed by atoms with Crippen LogP contribution in [0.25, 0.3) is 10.9 Å². The minimum atomic E-state index is -0.200. The number of benzene rings is 1. The zero-order valence-corrected chi connectivity index (χ0v) is 11.9. The molecular formula is C17H15N3O2. The second-order valence-corrected chi connectivity index (χ2v) is 5.55. The molecule has 1 amide bonds. The number of hydrogen-bond donors (Lipinski definition) is 2. The van der Waals surface area contributed by atoms with Crippen molar-refractivity contribution in [3.63, 3.8) is 0 Å². The Hall–Kier alpha value is -2.82. The number of carbonyl (C=O) groups is 1. The second kappa shape index (κ2) is 4.87. The normalized spacial score (nSPS) is 14.1. The smallest absolute Gasteiger partial charge is 0.255 e. The maximum atomic E-state index is 12.6. The third kappa shape index (κ3) is 2.02. The van der Waals surface area contributed by atoms with Crippen molar-refractivity contribution in [3.8, 4) is 0 Å². The molecule has 5 nitrogen and oxygen atoms in total. The number of pyridine rings is 1. The molecule has 5 heteroatoms. The average Bonchev–Trinajstić information content (AvgIpc) is 2.92. The number of fused-ring (bicyclic) bond motifs is 3. The number of nitrogens with zero attached hydrogens (tertiary/aromatic N) is 1. The minimum Gasteiger partial charge on any atom is -0.358 e. The van der Waals surface area contributed by atoms with E-state index in [0.717, 1.165) is 11.9 Å². The SMILES string of the molecule is O=C(c1ccc(=O)[nH]c1)N1CCc2[nH]c3ccccc3c2C1. The van der Waals surface area contributed by atoms with Crippen molar-refractivity contribution in [2.24, 2.45) is 0 Å². The van der Waals surface area contributed by atoms with Gasteiger partial charge in [-0.3, -0.25) is 9.59 Å². The molecule has 0 aliphatic carbocycles. The maximum Gasteiger partial charge on any atom is 0.255 e. The van der Waals surface area contributed by atoms with Crippen LogP contribution in [-0.4, -0.2) is 27.3 Å². The van der Waals surface area contributed by atoms with Crippen molar-refractivity contribution in [1.29, 1.82) is 0 Å². The van der Waals surface area contributed by atoms with Crippen LogP contribution < -0.4 is 5.56 Å². The molecule has 0 atom stereocenters. The van der Waals surface area contributed by atoms with E-state index in [4.69, 9.17) is 0 Å². The fourth-order valence-corrected chi connectivity index (χ4v) is 3.07. The van der Waals surface area contributed by atoms with Gasteiger partial charge in [0.1, 0.15) is 0 Å². The van der Waals surface area contributed by atoms with E-state index in [2.05, 4.69) is 22.1 Å². The molecule has 0 unspecified atom stereocenters. The zero-order chi connectivity index (χ0) is 15.1. The van der Waals surface area contributed by atoms with Gasteiger partial charge in [0, 0.05) is 53.9 Å². The fraction of sp³-hybridized carbons (Fsp3) is 0.176. The summed E-state index contributed by atoms with van der Waals surface area (Å²) in [4.78, 5) is 31.5. The first-order valence-electron chi connectivity index (χ1n) is 7.29. The lowest BCUT2D eigenvalue weighted by Gasteiger charge is -2.27. The van der Waals surface area contributed by atoms with Crippen LogP contribution in [0.4, 0.5) is 0 Å². The summed E-state index contributed by atoms with van der Waals surface area (Å²) in [5.74, 6) is -0.0489. The number of hydrogen-bond acceptors (Lipinski definition) is 2. The number of amides is 1. The second-order valence-electron chi connectivity index (χ2n) is 5.55. The number of nitrogens with one attached hydrogen (secondary N) is 2. The molecule has 0 radical (unpaired) electrons. The summed E-state index contributed by atoms with van der Waals surface area (Å²) in [6.45, 7) is 1.27. The summed E-state index contributed by atoms with van der Waals surface area (Å²) >= 11 is 0. The Labute approximate surface area is 126 Å². The third-order valence-corrected chi connectivity index (χ3v) is 4.20. The largest absolute Gasteiger partial charge is 0.358 e. The summed E-state index contributed by atoms with van der Waals surface area (Å²) in [6, 6.07) is 11.1. The highest BCUT2D eigenvalue weighted by Crippen LogP contribution is 2.28. The molecule has 22 heavy (non-hydrogen) atoms. The quantitative estimate of drug-likeness (QED) is 0.721. The zero-order valence-electron chi connectivity index (χ0n) is 11.9. The van der Waals surface area contributed by atoms with Crippen molar-refractivity contribution in [1.82, 2.24) is 14.9 Å². The highest BCUT2D eigenvalue weighted by Gasteiger charge is 2.24. The Kier molecular flexibility index (Phi) is 2.85. The first-order chi connectivity index (χ1) is 10.7. The summed E-state index contributed by atoms with van der Waals surface area (Å²) < 4.78 is 0. The number of H-pyrrole nitrogens is 2. The average molecular weight is 293 g/mol. The molecule has 0 spiro atoms. The molecule has 2 aromatic heterocycles. The van der Waals surface area contributed by atoms with Gasteiger partial charge in [-0.05, 0) is 12.1 Å². The Morgan fingerprint density at radius 1 is 1.14 bits per heavy atom. The van der Waals surface area contributed by atoms with Gasteiger partial charge in [-0.1, -0.05) is 18.2 Å². The highest BCUT2D eigenvalue weighted by molar-refractivity contribution is 5.94. The molecule has 4 rings (SSSR count). The van der Waals surface area contributed by atoms with Crippen LogP contribution in [0.15, 0.2) is 47.4 Å². The molecule has 0 saturated heterocycles. The van der Waals surface area contributed by atoms with Crippen LogP contribution >= 0.6 is 0 Å². The van der Waals surface area contributed by atoms with Crippen molar-refractivity contribution in [2.45, 2.75) is 13.0 Å². The van der Waals surface area contributed by atoms with Gasteiger partial charge in [-0.15, -0.1) is 0 Å². The summed E-state index contributed by atoms with van der Waals surface area (Å²) in [5, 5.41) is 1.18. The molecule has 1 aliphatic heterocycles. The molecule has 1 aromatic carbocycles. The van der Waals surface area contributed by atoms with E-state index < -0.39 is 0 Å². The van der Waals surface area contributed by atoms with E-state index in [1.165, 1.54) is 28.9 Å². The molecule has 110 valence electrons. The van der Waals surface area contributed by atoms with Gasteiger partial charge in [0.05, 0.1) is 5.56 Å². The number of carbonyl (C=O) groups excluding carboxylic acids is 1. The van der Waals surface area contributed by atoms with E-state index in [1.807, 2.05) is 17.0 Å². The highest BCUT2D eigenvalue weighted by atomic mass is 16.2. The van der Waals surface area contributed by atoms with Crippen LogP contribution in [-0.2, 0) is 13.0 Å². The van der Waals surface area contributed by atoms with Crippen LogP contribution in [0, 0.1) is 0 Å². The van der Waals surface area contributed by atoms with Crippen LogP contribution in [0.5, 0.6) is 0 Å². The Morgan fingerprint density at radius 3 is 2.82 bits per heavy atom. The van der Waals surface area contributed by atoms with Crippen molar-refractivity contribution in [3.05, 3.63) is 69.8 Å². The molecule has 0 bridgehead atoms. The van der Waals surface area contributed by atoms with Crippen LogP contribution in [0.3, 0.4) is 0 Å². The van der Waals surface area contributed by atoms with Gasteiger partial charge in [0.15, 0.2) is 0 Å². The summed E-state index contributed by atoms with van der Waals surface area (Å²) in [6.07, 6.45) is 2.30. The summed E-state index contributed by atoms with van der Waals surface area (Å²) in [5.41, 5.74) is 3.84. The Bertz CT molecular complexity index is 903. The number of aromatic nitrogens is 2. The standard InChI is InChI=1S/C17H15N3O2/c21-16-6-5-11(9-18-16)17(22)20-8-7-15-13(10-20)12-3-1-2-4-14(12)19-15/h1-6,9,19H,7-8,10H2,(H,18,21). The van der Waals surface area contributed by atoms with E-state index in [0.29, 0.717) is 18.7 Å². The molecule has 3 heterocycles. The van der Waals surface area contributed by atoms with E-state index in [-0.39, 0.29) is 11.5 Å².